The van der Waals surface area contributed by atoms with Gasteiger partial charge >= 0.3 is 0 Å². The number of fused-ring (bicyclic) bond motifs is 5. The molecule has 3 saturated carbocycles. The van der Waals surface area contributed by atoms with Crippen LogP contribution in [0.4, 0.5) is 0 Å². The van der Waals surface area contributed by atoms with Crippen LogP contribution in [0, 0.1) is 30.6 Å². The average Bonchev–Trinajstić information content (AvgIpc) is 3.13. The Morgan fingerprint density at radius 2 is 1.95 bits per heavy atom. The molecule has 0 radical (unpaired) electrons. The molecule has 0 aromatic heterocycles. The van der Waals surface area contributed by atoms with E-state index >= 15 is 0 Å². The van der Waals surface area contributed by atoms with Gasteiger partial charge in [0.25, 0.3) is 0 Å². The minimum absolute atomic E-state index is 0.219. The summed E-state index contributed by atoms with van der Waals surface area (Å²) in [4.78, 5) is 12.4. The summed E-state index contributed by atoms with van der Waals surface area (Å²) in [5, 5.41) is 3.36. The van der Waals surface area contributed by atoms with E-state index in [2.05, 4.69) is 24.4 Å². The molecule has 2 nitrogen and oxygen atoms in total. The van der Waals surface area contributed by atoms with Crippen molar-refractivity contribution in [2.75, 3.05) is 0 Å². The maximum absolute atomic E-state index is 12.4. The topological polar surface area (TPSA) is 29.1 Å². The quantitative estimate of drug-likeness (QED) is 0.904. The lowest BCUT2D eigenvalue weighted by Gasteiger charge is -2.32. The maximum atomic E-state index is 12.4. The molecule has 0 aliphatic heterocycles. The number of carbonyl (C=O) groups is 1. The zero-order valence-corrected chi connectivity index (χ0v) is 12.8. The molecule has 1 aromatic rings. The molecule has 5 unspecified atom stereocenters. The van der Waals surface area contributed by atoms with Crippen LogP contribution in [0.2, 0.25) is 0 Å². The van der Waals surface area contributed by atoms with E-state index < -0.39 is 0 Å². The Balaban J connectivity index is 1.39. The highest BCUT2D eigenvalue weighted by Crippen LogP contribution is 2.58. The summed E-state index contributed by atoms with van der Waals surface area (Å²) in [5.74, 6) is 3.83. The van der Waals surface area contributed by atoms with Crippen molar-refractivity contribution in [1.82, 2.24) is 5.32 Å². The lowest BCUT2D eigenvalue weighted by molar-refractivity contribution is -0.121. The van der Waals surface area contributed by atoms with Crippen LogP contribution in [0.15, 0.2) is 24.3 Å². The third kappa shape index (κ3) is 2.29. The van der Waals surface area contributed by atoms with E-state index in [0.717, 1.165) is 29.2 Å². The summed E-state index contributed by atoms with van der Waals surface area (Å²) >= 11 is 0. The minimum atomic E-state index is 0.219. The van der Waals surface area contributed by atoms with Crippen LogP contribution in [-0.4, -0.2) is 11.9 Å². The molecule has 1 N–H and O–H groups in total. The lowest BCUT2D eigenvalue weighted by Crippen LogP contribution is -2.43. The SMILES string of the molecule is Cc1ccccc1CC(=O)NC1CC2CC1C1CCCC21. The van der Waals surface area contributed by atoms with Crippen LogP contribution in [-0.2, 0) is 11.2 Å². The number of amides is 1. The van der Waals surface area contributed by atoms with Crippen LogP contribution in [0.5, 0.6) is 0 Å². The first-order chi connectivity index (χ1) is 10.2. The normalized spacial score (nSPS) is 36.7. The Kier molecular flexibility index (Phi) is 3.28. The number of hydrogen-bond donors (Lipinski definition) is 1. The fourth-order valence-corrected chi connectivity index (χ4v) is 5.47. The zero-order chi connectivity index (χ0) is 14.4. The number of carbonyl (C=O) groups excluding carboxylic acids is 1. The molecule has 0 spiro atoms. The molecule has 112 valence electrons. The fraction of sp³-hybridized carbons (Fsp3) is 0.632. The number of aryl methyl sites for hydroxylation is 1. The van der Waals surface area contributed by atoms with Crippen LogP contribution >= 0.6 is 0 Å². The molecule has 21 heavy (non-hydrogen) atoms. The van der Waals surface area contributed by atoms with Gasteiger partial charge in [-0.25, -0.2) is 0 Å². The second-order valence-electron chi connectivity index (χ2n) is 7.43. The number of rotatable bonds is 3. The molecule has 0 saturated heterocycles. The van der Waals surface area contributed by atoms with E-state index in [0.29, 0.717) is 12.5 Å². The van der Waals surface area contributed by atoms with Crippen LogP contribution in [0.1, 0.15) is 43.2 Å². The Morgan fingerprint density at radius 3 is 2.81 bits per heavy atom. The van der Waals surface area contributed by atoms with Gasteiger partial charge in [0.2, 0.25) is 5.91 Å². The standard InChI is InChI=1S/C19H25NO/c1-12-5-2-3-6-13(12)11-19(21)20-18-10-14-9-17(18)16-8-4-7-15(14)16/h2-3,5-6,14-18H,4,7-11H2,1H3,(H,20,21). The van der Waals surface area contributed by atoms with Crippen molar-refractivity contribution in [2.24, 2.45) is 23.7 Å². The summed E-state index contributed by atoms with van der Waals surface area (Å²) in [5.41, 5.74) is 2.38. The third-order valence-electron chi connectivity index (χ3n) is 6.39. The van der Waals surface area contributed by atoms with Crippen LogP contribution in [0.3, 0.4) is 0 Å². The summed E-state index contributed by atoms with van der Waals surface area (Å²) in [6.07, 6.45) is 7.45. The van der Waals surface area contributed by atoms with Crippen molar-refractivity contribution in [2.45, 2.75) is 51.5 Å². The molecule has 1 aromatic carbocycles. The second kappa shape index (κ2) is 5.15. The van der Waals surface area contributed by atoms with E-state index in [9.17, 15) is 4.79 Å². The fourth-order valence-electron chi connectivity index (χ4n) is 5.47. The largest absolute Gasteiger partial charge is 0.353 e. The highest BCUT2D eigenvalue weighted by molar-refractivity contribution is 5.79. The molecule has 0 heterocycles. The van der Waals surface area contributed by atoms with E-state index in [-0.39, 0.29) is 5.91 Å². The lowest BCUT2D eigenvalue weighted by atomic mass is 9.79. The van der Waals surface area contributed by atoms with Gasteiger partial charge in [-0.3, -0.25) is 4.79 Å². The van der Waals surface area contributed by atoms with Gasteiger partial charge in [-0.2, -0.15) is 0 Å². The van der Waals surface area contributed by atoms with Crippen molar-refractivity contribution in [3.05, 3.63) is 35.4 Å². The van der Waals surface area contributed by atoms with Gasteiger partial charge < -0.3 is 5.32 Å². The highest BCUT2D eigenvalue weighted by Gasteiger charge is 2.53. The van der Waals surface area contributed by atoms with Gasteiger partial charge in [0.15, 0.2) is 0 Å². The molecule has 4 rings (SSSR count). The van der Waals surface area contributed by atoms with Gasteiger partial charge in [-0.15, -0.1) is 0 Å². The average molecular weight is 283 g/mol. The predicted octanol–water partition coefficient (Wildman–Crippen LogP) is 3.48. The smallest absolute Gasteiger partial charge is 0.224 e. The van der Waals surface area contributed by atoms with Gasteiger partial charge in [-0.1, -0.05) is 30.7 Å². The van der Waals surface area contributed by atoms with Crippen molar-refractivity contribution < 1.29 is 4.79 Å². The Bertz CT molecular complexity index is 552. The zero-order valence-electron chi connectivity index (χ0n) is 12.8. The van der Waals surface area contributed by atoms with Crippen LogP contribution in [0.25, 0.3) is 0 Å². The Labute approximate surface area is 127 Å². The van der Waals surface area contributed by atoms with Crippen molar-refractivity contribution in [3.8, 4) is 0 Å². The summed E-state index contributed by atoms with van der Waals surface area (Å²) < 4.78 is 0. The van der Waals surface area contributed by atoms with Gasteiger partial charge in [0, 0.05) is 6.04 Å². The van der Waals surface area contributed by atoms with Crippen molar-refractivity contribution in [1.29, 1.82) is 0 Å². The molecular formula is C19H25NO. The second-order valence-corrected chi connectivity index (χ2v) is 7.43. The molecule has 2 bridgehead atoms. The molecule has 3 aliphatic rings. The number of hydrogen-bond acceptors (Lipinski definition) is 1. The molecular weight excluding hydrogens is 258 g/mol. The Morgan fingerprint density at radius 1 is 1.14 bits per heavy atom. The monoisotopic (exact) mass is 283 g/mol. The van der Waals surface area contributed by atoms with Crippen molar-refractivity contribution in [3.63, 3.8) is 0 Å². The van der Waals surface area contributed by atoms with Crippen LogP contribution < -0.4 is 5.32 Å². The summed E-state index contributed by atoms with van der Waals surface area (Å²) in [7, 11) is 0. The van der Waals surface area contributed by atoms with Gasteiger partial charge in [0.1, 0.15) is 0 Å². The first-order valence-corrected chi connectivity index (χ1v) is 8.56. The number of benzene rings is 1. The van der Waals surface area contributed by atoms with Gasteiger partial charge in [0.05, 0.1) is 6.42 Å². The first kappa shape index (κ1) is 13.4. The summed E-state index contributed by atoms with van der Waals surface area (Å²) in [6.45, 7) is 2.09. The minimum Gasteiger partial charge on any atom is -0.353 e. The first-order valence-electron chi connectivity index (χ1n) is 8.56. The van der Waals surface area contributed by atoms with E-state index in [1.54, 1.807) is 0 Å². The predicted molar refractivity (Wildman–Crippen MR) is 83.9 cm³/mol. The van der Waals surface area contributed by atoms with E-state index in [1.807, 2.05) is 12.1 Å². The third-order valence-corrected chi connectivity index (χ3v) is 6.39. The molecule has 1 amide bonds. The van der Waals surface area contributed by atoms with Gasteiger partial charge in [-0.05, 0) is 67.4 Å². The number of nitrogens with one attached hydrogen (secondary N) is 1. The summed E-state index contributed by atoms with van der Waals surface area (Å²) in [6, 6.07) is 8.68. The maximum Gasteiger partial charge on any atom is 0.224 e. The molecule has 5 atom stereocenters. The van der Waals surface area contributed by atoms with E-state index in [1.165, 1.54) is 37.7 Å². The Hall–Kier alpha value is -1.31. The van der Waals surface area contributed by atoms with Crippen molar-refractivity contribution >= 4 is 5.91 Å². The molecule has 3 fully saturated rings. The molecule has 2 heteroatoms. The van der Waals surface area contributed by atoms with E-state index in [4.69, 9.17) is 0 Å². The highest BCUT2D eigenvalue weighted by atomic mass is 16.1. The molecule has 3 aliphatic carbocycles.